The third kappa shape index (κ3) is 4.93. The largest absolute Gasteiger partial charge is 0.341 e. The van der Waals surface area contributed by atoms with E-state index in [9.17, 15) is 13.2 Å². The van der Waals surface area contributed by atoms with Gasteiger partial charge in [-0.3, -0.25) is 9.69 Å². The van der Waals surface area contributed by atoms with E-state index < -0.39 is 10.0 Å². The first-order valence-corrected chi connectivity index (χ1v) is 9.76. The Bertz CT molecular complexity index is 452. The number of rotatable bonds is 4. The molecule has 2 aliphatic rings. The van der Waals surface area contributed by atoms with Crippen LogP contribution in [0.15, 0.2) is 0 Å². The second-order valence-electron chi connectivity index (χ2n) is 6.26. The summed E-state index contributed by atoms with van der Waals surface area (Å²) in [5, 5.41) is 0. The number of piperidine rings is 2. The number of nitrogens with zero attached hydrogens (tertiary/aromatic N) is 2. The van der Waals surface area contributed by atoms with Gasteiger partial charge in [-0.25, -0.2) is 13.1 Å². The summed E-state index contributed by atoms with van der Waals surface area (Å²) in [4.78, 5) is 16.6. The number of amides is 1. The minimum absolute atomic E-state index is 0.00791. The first-order valence-electron chi connectivity index (χ1n) is 7.87. The minimum atomic E-state index is -3.14. The Kier molecular flexibility index (Phi) is 5.62. The molecular weight excluding hydrogens is 290 g/mol. The van der Waals surface area contributed by atoms with Crippen LogP contribution in [0.4, 0.5) is 0 Å². The lowest BCUT2D eigenvalue weighted by Crippen LogP contribution is -2.53. The molecular formula is C14H27N3O3S. The van der Waals surface area contributed by atoms with Crippen LogP contribution in [0.3, 0.4) is 0 Å². The third-order valence-electron chi connectivity index (χ3n) is 4.48. The van der Waals surface area contributed by atoms with Crippen molar-refractivity contribution in [2.75, 3.05) is 32.4 Å². The van der Waals surface area contributed by atoms with Crippen LogP contribution in [0.2, 0.25) is 0 Å². The van der Waals surface area contributed by atoms with Crippen molar-refractivity contribution in [3.63, 3.8) is 0 Å². The average Bonchev–Trinajstić information content (AvgIpc) is 2.46. The highest BCUT2D eigenvalue weighted by Gasteiger charge is 2.30. The predicted molar refractivity (Wildman–Crippen MR) is 82.5 cm³/mol. The molecule has 1 atom stereocenters. The van der Waals surface area contributed by atoms with E-state index in [-0.39, 0.29) is 18.0 Å². The van der Waals surface area contributed by atoms with Crippen molar-refractivity contribution in [1.82, 2.24) is 14.5 Å². The maximum absolute atomic E-state index is 12.5. The molecule has 0 aromatic rings. The first-order chi connectivity index (χ1) is 9.87. The highest BCUT2D eigenvalue weighted by molar-refractivity contribution is 7.88. The van der Waals surface area contributed by atoms with Gasteiger partial charge in [0.05, 0.1) is 12.3 Å². The normalized spacial score (nSPS) is 24.0. The van der Waals surface area contributed by atoms with Gasteiger partial charge in [0.15, 0.2) is 0 Å². The Labute approximate surface area is 127 Å². The van der Waals surface area contributed by atoms with E-state index in [1.807, 2.05) is 11.8 Å². The molecule has 2 saturated heterocycles. The number of hydrogen-bond acceptors (Lipinski definition) is 4. The van der Waals surface area contributed by atoms with Crippen LogP contribution >= 0.6 is 0 Å². The maximum Gasteiger partial charge on any atom is 0.239 e. The zero-order chi connectivity index (χ0) is 15.5. The van der Waals surface area contributed by atoms with E-state index in [2.05, 4.69) is 9.62 Å². The van der Waals surface area contributed by atoms with Crippen molar-refractivity contribution >= 4 is 15.9 Å². The Hall–Kier alpha value is -0.660. The van der Waals surface area contributed by atoms with Crippen LogP contribution in [-0.2, 0) is 14.8 Å². The van der Waals surface area contributed by atoms with E-state index in [4.69, 9.17) is 0 Å². The molecule has 7 heteroatoms. The van der Waals surface area contributed by atoms with Gasteiger partial charge in [-0.05, 0) is 39.0 Å². The lowest BCUT2D eigenvalue weighted by Gasteiger charge is -2.38. The summed E-state index contributed by atoms with van der Waals surface area (Å²) in [5.74, 6) is 0.226. The van der Waals surface area contributed by atoms with Crippen molar-refractivity contribution in [2.24, 2.45) is 0 Å². The number of carbonyl (C=O) groups is 1. The molecule has 2 aliphatic heterocycles. The van der Waals surface area contributed by atoms with E-state index in [0.29, 0.717) is 0 Å². The molecule has 0 aliphatic carbocycles. The molecule has 122 valence electrons. The first kappa shape index (κ1) is 16.7. The fourth-order valence-electron chi connectivity index (χ4n) is 3.24. The predicted octanol–water partition coefficient (Wildman–Crippen LogP) is 0.401. The molecule has 2 fully saturated rings. The number of sulfonamides is 1. The molecule has 2 heterocycles. The summed E-state index contributed by atoms with van der Waals surface area (Å²) in [5.41, 5.74) is 0. The van der Waals surface area contributed by atoms with E-state index in [0.717, 1.165) is 51.9 Å². The van der Waals surface area contributed by atoms with Crippen LogP contribution in [0.5, 0.6) is 0 Å². The van der Waals surface area contributed by atoms with Crippen LogP contribution in [0.1, 0.15) is 39.0 Å². The van der Waals surface area contributed by atoms with Gasteiger partial charge in [0.2, 0.25) is 15.9 Å². The van der Waals surface area contributed by atoms with E-state index in [1.165, 1.54) is 12.7 Å². The zero-order valence-electron chi connectivity index (χ0n) is 13.0. The van der Waals surface area contributed by atoms with Crippen molar-refractivity contribution in [3.8, 4) is 0 Å². The van der Waals surface area contributed by atoms with Gasteiger partial charge in [0.1, 0.15) is 0 Å². The number of nitrogens with one attached hydrogen (secondary N) is 1. The van der Waals surface area contributed by atoms with Crippen LogP contribution in [0, 0.1) is 0 Å². The number of hydrogen-bond donors (Lipinski definition) is 1. The Balaban J connectivity index is 1.82. The highest BCUT2D eigenvalue weighted by Crippen LogP contribution is 2.17. The fraction of sp³-hybridized carbons (Fsp3) is 0.929. The molecule has 0 saturated carbocycles. The highest BCUT2D eigenvalue weighted by atomic mass is 32.2. The summed E-state index contributed by atoms with van der Waals surface area (Å²) in [6.45, 7) is 5.29. The molecule has 0 aromatic carbocycles. The molecule has 0 radical (unpaired) electrons. The minimum Gasteiger partial charge on any atom is -0.341 e. The Morgan fingerprint density at radius 3 is 2.19 bits per heavy atom. The third-order valence-corrected chi connectivity index (χ3v) is 5.24. The summed E-state index contributed by atoms with van der Waals surface area (Å²) < 4.78 is 25.1. The smallest absolute Gasteiger partial charge is 0.239 e. The van der Waals surface area contributed by atoms with Gasteiger partial charge in [-0.1, -0.05) is 0 Å². The molecule has 1 amide bonds. The second-order valence-corrected chi connectivity index (χ2v) is 8.04. The van der Waals surface area contributed by atoms with Crippen LogP contribution < -0.4 is 4.72 Å². The fourth-order valence-corrected chi connectivity index (χ4v) is 4.08. The average molecular weight is 317 g/mol. The standard InChI is InChI=1S/C14H27N3O3S/c1-12(14(18)17-8-4-3-5-9-17)16-10-6-13(7-11-16)15-21(2,19)20/h12-13,15H,3-11H2,1-2H3. The van der Waals surface area contributed by atoms with Crippen LogP contribution in [0.25, 0.3) is 0 Å². The van der Waals surface area contributed by atoms with Gasteiger partial charge in [0, 0.05) is 32.2 Å². The zero-order valence-corrected chi connectivity index (χ0v) is 13.9. The van der Waals surface area contributed by atoms with Crippen LogP contribution in [-0.4, -0.2) is 68.6 Å². The molecule has 21 heavy (non-hydrogen) atoms. The summed E-state index contributed by atoms with van der Waals surface area (Å²) >= 11 is 0. The molecule has 0 aromatic heterocycles. The van der Waals surface area contributed by atoms with Gasteiger partial charge in [-0.15, -0.1) is 0 Å². The number of likely N-dealkylation sites (tertiary alicyclic amines) is 2. The molecule has 2 rings (SSSR count). The number of carbonyl (C=O) groups excluding carboxylic acids is 1. The SMILES string of the molecule is CC(C(=O)N1CCCCC1)N1CCC(NS(C)(=O)=O)CC1. The van der Waals surface area contributed by atoms with Gasteiger partial charge in [-0.2, -0.15) is 0 Å². The van der Waals surface area contributed by atoms with E-state index in [1.54, 1.807) is 0 Å². The van der Waals surface area contributed by atoms with Crippen molar-refractivity contribution < 1.29 is 13.2 Å². The summed E-state index contributed by atoms with van der Waals surface area (Å²) in [7, 11) is -3.14. The molecule has 1 unspecified atom stereocenters. The van der Waals surface area contributed by atoms with Gasteiger partial charge in [0.25, 0.3) is 0 Å². The lowest BCUT2D eigenvalue weighted by molar-refractivity contribution is -0.137. The quantitative estimate of drug-likeness (QED) is 0.815. The van der Waals surface area contributed by atoms with Crippen molar-refractivity contribution in [1.29, 1.82) is 0 Å². The maximum atomic E-state index is 12.5. The molecule has 1 N–H and O–H groups in total. The molecule has 0 spiro atoms. The topological polar surface area (TPSA) is 69.7 Å². The second kappa shape index (κ2) is 7.07. The van der Waals surface area contributed by atoms with Gasteiger partial charge < -0.3 is 4.90 Å². The molecule has 0 bridgehead atoms. The summed E-state index contributed by atoms with van der Waals surface area (Å²) in [6.07, 6.45) is 6.18. The monoisotopic (exact) mass is 317 g/mol. The van der Waals surface area contributed by atoms with Crippen molar-refractivity contribution in [3.05, 3.63) is 0 Å². The van der Waals surface area contributed by atoms with Gasteiger partial charge >= 0.3 is 0 Å². The van der Waals surface area contributed by atoms with E-state index >= 15 is 0 Å². The lowest BCUT2D eigenvalue weighted by atomic mass is 10.0. The Morgan fingerprint density at radius 1 is 1.10 bits per heavy atom. The van der Waals surface area contributed by atoms with Crippen molar-refractivity contribution in [2.45, 2.75) is 51.1 Å². The summed E-state index contributed by atoms with van der Waals surface area (Å²) in [6, 6.07) is -0.0872. The molecule has 6 nitrogen and oxygen atoms in total. The Morgan fingerprint density at radius 2 is 1.67 bits per heavy atom.